The SMILES string of the molecule is CC(C)c1nc(C2CCCN(C(=O)OC(C)(C)C)C2)no1. The number of rotatable bonds is 2. The first-order chi connectivity index (χ1) is 9.76. The van der Waals surface area contributed by atoms with Gasteiger partial charge in [-0.1, -0.05) is 19.0 Å². The Morgan fingerprint density at radius 1 is 1.43 bits per heavy atom. The zero-order valence-electron chi connectivity index (χ0n) is 13.5. The average Bonchev–Trinajstić information content (AvgIpc) is 2.86. The summed E-state index contributed by atoms with van der Waals surface area (Å²) < 4.78 is 10.7. The number of likely N-dealkylation sites (tertiary alicyclic amines) is 1. The molecule has 118 valence electrons. The maximum Gasteiger partial charge on any atom is 0.410 e. The summed E-state index contributed by atoms with van der Waals surface area (Å²) in [6, 6.07) is 0. The Morgan fingerprint density at radius 2 is 2.14 bits per heavy atom. The molecule has 1 aromatic heterocycles. The van der Waals surface area contributed by atoms with Crippen molar-refractivity contribution in [3.05, 3.63) is 11.7 Å². The number of hydrogen-bond acceptors (Lipinski definition) is 5. The highest BCUT2D eigenvalue weighted by atomic mass is 16.6. The highest BCUT2D eigenvalue weighted by Gasteiger charge is 2.30. The van der Waals surface area contributed by atoms with Gasteiger partial charge in [0.2, 0.25) is 5.89 Å². The van der Waals surface area contributed by atoms with E-state index in [2.05, 4.69) is 10.1 Å². The number of ether oxygens (including phenoxy) is 1. The first-order valence-corrected chi connectivity index (χ1v) is 7.57. The molecule has 2 rings (SSSR count). The molecule has 0 spiro atoms. The van der Waals surface area contributed by atoms with Crippen LogP contribution >= 0.6 is 0 Å². The van der Waals surface area contributed by atoms with E-state index < -0.39 is 5.60 Å². The van der Waals surface area contributed by atoms with Gasteiger partial charge in [-0.05, 0) is 33.6 Å². The van der Waals surface area contributed by atoms with Crippen molar-refractivity contribution in [2.45, 2.75) is 64.9 Å². The van der Waals surface area contributed by atoms with Gasteiger partial charge in [-0.25, -0.2) is 4.79 Å². The molecule has 0 N–H and O–H groups in total. The molecule has 1 amide bonds. The van der Waals surface area contributed by atoms with Crippen molar-refractivity contribution >= 4 is 6.09 Å². The molecule has 1 aliphatic rings. The summed E-state index contributed by atoms with van der Waals surface area (Å²) >= 11 is 0. The molecule has 0 bridgehead atoms. The van der Waals surface area contributed by atoms with Crippen LogP contribution in [0.5, 0.6) is 0 Å². The number of piperidine rings is 1. The third-order valence-corrected chi connectivity index (χ3v) is 3.39. The molecule has 1 aliphatic heterocycles. The Hall–Kier alpha value is -1.59. The topological polar surface area (TPSA) is 68.5 Å². The van der Waals surface area contributed by atoms with E-state index in [1.165, 1.54) is 0 Å². The maximum absolute atomic E-state index is 12.1. The van der Waals surface area contributed by atoms with Gasteiger partial charge < -0.3 is 14.2 Å². The average molecular weight is 295 g/mol. The lowest BCUT2D eigenvalue weighted by Crippen LogP contribution is -2.42. The van der Waals surface area contributed by atoms with Crippen LogP contribution in [0.2, 0.25) is 0 Å². The molecular weight excluding hydrogens is 270 g/mol. The van der Waals surface area contributed by atoms with Crippen LogP contribution in [0.4, 0.5) is 4.79 Å². The minimum absolute atomic E-state index is 0.127. The number of carbonyl (C=O) groups is 1. The first kappa shape index (κ1) is 15.8. The molecule has 1 fully saturated rings. The molecular formula is C15H25N3O3. The van der Waals surface area contributed by atoms with Gasteiger partial charge in [-0.2, -0.15) is 4.98 Å². The Balaban J connectivity index is 2.01. The number of aromatic nitrogens is 2. The van der Waals surface area contributed by atoms with E-state index in [0.717, 1.165) is 19.4 Å². The lowest BCUT2D eigenvalue weighted by atomic mass is 9.98. The summed E-state index contributed by atoms with van der Waals surface area (Å²) in [6.45, 7) is 11.0. The summed E-state index contributed by atoms with van der Waals surface area (Å²) in [4.78, 5) is 18.3. The molecule has 6 heteroatoms. The predicted octanol–water partition coefficient (Wildman–Crippen LogP) is 3.31. The van der Waals surface area contributed by atoms with Crippen molar-refractivity contribution in [1.29, 1.82) is 0 Å². The van der Waals surface area contributed by atoms with Crippen molar-refractivity contribution in [2.75, 3.05) is 13.1 Å². The van der Waals surface area contributed by atoms with Crippen LogP contribution < -0.4 is 0 Å². The van der Waals surface area contributed by atoms with E-state index in [1.807, 2.05) is 34.6 Å². The van der Waals surface area contributed by atoms with Crippen LogP contribution in [0, 0.1) is 0 Å². The maximum atomic E-state index is 12.1. The third-order valence-electron chi connectivity index (χ3n) is 3.39. The number of hydrogen-bond donors (Lipinski definition) is 0. The van der Waals surface area contributed by atoms with Crippen LogP contribution in [0.25, 0.3) is 0 Å². The molecule has 1 saturated heterocycles. The first-order valence-electron chi connectivity index (χ1n) is 7.57. The lowest BCUT2D eigenvalue weighted by molar-refractivity contribution is 0.0195. The molecule has 0 radical (unpaired) electrons. The molecule has 0 aliphatic carbocycles. The monoisotopic (exact) mass is 295 g/mol. The second kappa shape index (κ2) is 6.03. The summed E-state index contributed by atoms with van der Waals surface area (Å²) in [5.74, 6) is 1.70. The van der Waals surface area contributed by atoms with Crippen molar-refractivity contribution in [2.24, 2.45) is 0 Å². The van der Waals surface area contributed by atoms with Crippen LogP contribution in [0.1, 0.15) is 71.0 Å². The van der Waals surface area contributed by atoms with Crippen LogP contribution in [0.3, 0.4) is 0 Å². The van der Waals surface area contributed by atoms with E-state index in [4.69, 9.17) is 9.26 Å². The molecule has 1 atom stereocenters. The molecule has 2 heterocycles. The van der Waals surface area contributed by atoms with Crippen LogP contribution in [0.15, 0.2) is 4.52 Å². The number of carbonyl (C=O) groups excluding carboxylic acids is 1. The Labute approximate surface area is 125 Å². The molecule has 1 unspecified atom stereocenters. The minimum atomic E-state index is -0.471. The van der Waals surface area contributed by atoms with Gasteiger partial charge in [0.15, 0.2) is 5.82 Å². The molecule has 0 aromatic carbocycles. The van der Waals surface area contributed by atoms with E-state index in [0.29, 0.717) is 18.3 Å². The van der Waals surface area contributed by atoms with Crippen molar-refractivity contribution in [3.63, 3.8) is 0 Å². The molecule has 0 saturated carbocycles. The number of nitrogens with zero attached hydrogens (tertiary/aromatic N) is 3. The fourth-order valence-electron chi connectivity index (χ4n) is 2.33. The normalized spacial score (nSPS) is 19.9. The van der Waals surface area contributed by atoms with Crippen molar-refractivity contribution in [1.82, 2.24) is 15.0 Å². The van der Waals surface area contributed by atoms with Gasteiger partial charge in [-0.15, -0.1) is 0 Å². The Bertz CT molecular complexity index is 491. The molecule has 21 heavy (non-hydrogen) atoms. The summed E-state index contributed by atoms with van der Waals surface area (Å²) in [5.41, 5.74) is -0.471. The predicted molar refractivity (Wildman–Crippen MR) is 78.2 cm³/mol. The Kier molecular flexibility index (Phi) is 4.54. The van der Waals surface area contributed by atoms with Gasteiger partial charge in [-0.3, -0.25) is 0 Å². The third kappa shape index (κ3) is 4.19. The number of amides is 1. The van der Waals surface area contributed by atoms with Gasteiger partial charge in [0, 0.05) is 24.9 Å². The lowest BCUT2D eigenvalue weighted by Gasteiger charge is -2.32. The molecule has 1 aromatic rings. The quantitative estimate of drug-likeness (QED) is 0.837. The van der Waals surface area contributed by atoms with Crippen molar-refractivity contribution < 1.29 is 14.1 Å². The van der Waals surface area contributed by atoms with Gasteiger partial charge >= 0.3 is 6.09 Å². The van der Waals surface area contributed by atoms with E-state index in [9.17, 15) is 4.79 Å². The van der Waals surface area contributed by atoms with Crippen LogP contribution in [-0.4, -0.2) is 39.8 Å². The van der Waals surface area contributed by atoms with Crippen LogP contribution in [-0.2, 0) is 4.74 Å². The van der Waals surface area contributed by atoms with Gasteiger partial charge in [0.25, 0.3) is 0 Å². The Morgan fingerprint density at radius 3 is 2.71 bits per heavy atom. The highest BCUT2D eigenvalue weighted by molar-refractivity contribution is 5.68. The van der Waals surface area contributed by atoms with Gasteiger partial charge in [0.05, 0.1) is 0 Å². The standard InChI is InChI=1S/C15H25N3O3/c1-10(2)13-16-12(17-21-13)11-7-6-8-18(9-11)14(19)20-15(3,4)5/h10-11H,6-9H2,1-5H3. The second-order valence-corrected chi connectivity index (χ2v) is 6.91. The summed E-state index contributed by atoms with van der Waals surface area (Å²) in [6.07, 6.45) is 1.63. The second-order valence-electron chi connectivity index (χ2n) is 6.91. The minimum Gasteiger partial charge on any atom is -0.444 e. The zero-order chi connectivity index (χ0) is 15.6. The molecule has 6 nitrogen and oxygen atoms in total. The smallest absolute Gasteiger partial charge is 0.410 e. The highest BCUT2D eigenvalue weighted by Crippen LogP contribution is 2.27. The largest absolute Gasteiger partial charge is 0.444 e. The van der Waals surface area contributed by atoms with E-state index >= 15 is 0 Å². The van der Waals surface area contributed by atoms with Crippen molar-refractivity contribution in [3.8, 4) is 0 Å². The summed E-state index contributed by atoms with van der Waals surface area (Å²) in [5, 5.41) is 4.06. The fourth-order valence-corrected chi connectivity index (χ4v) is 2.33. The zero-order valence-corrected chi connectivity index (χ0v) is 13.5. The van der Waals surface area contributed by atoms with E-state index in [-0.39, 0.29) is 17.9 Å². The fraction of sp³-hybridized carbons (Fsp3) is 0.800. The van der Waals surface area contributed by atoms with Gasteiger partial charge in [0.1, 0.15) is 5.60 Å². The summed E-state index contributed by atoms with van der Waals surface area (Å²) in [7, 11) is 0. The van der Waals surface area contributed by atoms with E-state index in [1.54, 1.807) is 4.90 Å².